The van der Waals surface area contributed by atoms with Gasteiger partial charge in [0.25, 0.3) is 11.2 Å². The minimum Gasteiger partial charge on any atom is -0.489 e. The molecule has 1 atom stereocenters. The molecule has 0 N–H and O–H groups in total. The van der Waals surface area contributed by atoms with Gasteiger partial charge in [0, 0.05) is 33.3 Å². The fraction of sp³-hybridized carbons (Fsp3) is 0.147. The van der Waals surface area contributed by atoms with Crippen molar-refractivity contribution in [2.75, 3.05) is 6.61 Å². The maximum absolute atomic E-state index is 14.0. The first-order valence-electron chi connectivity index (χ1n) is 14.3. The van der Waals surface area contributed by atoms with Gasteiger partial charge in [0.2, 0.25) is 0 Å². The van der Waals surface area contributed by atoms with Crippen LogP contribution in [0.5, 0.6) is 5.75 Å². The molecule has 5 aromatic rings. The van der Waals surface area contributed by atoms with Gasteiger partial charge < -0.3 is 13.9 Å². The third-order valence-electron chi connectivity index (χ3n) is 7.34. The van der Waals surface area contributed by atoms with Gasteiger partial charge in [0.05, 0.1) is 27.3 Å². The molecule has 0 amide bonds. The molecule has 0 spiro atoms. The molecule has 0 bridgehead atoms. The lowest BCUT2D eigenvalue weighted by molar-refractivity contribution is -0.384. The number of furan rings is 1. The van der Waals surface area contributed by atoms with Gasteiger partial charge >= 0.3 is 5.97 Å². The highest BCUT2D eigenvalue weighted by atomic mass is 35.5. The summed E-state index contributed by atoms with van der Waals surface area (Å²) in [5.41, 5.74) is 2.09. The van der Waals surface area contributed by atoms with Gasteiger partial charge in [-0.25, -0.2) is 9.79 Å². The lowest BCUT2D eigenvalue weighted by atomic mass is 10.0. The van der Waals surface area contributed by atoms with Crippen LogP contribution in [0, 0.1) is 10.1 Å². The molecule has 1 aliphatic heterocycles. The second kappa shape index (κ2) is 13.4. The number of rotatable bonds is 9. The van der Waals surface area contributed by atoms with Crippen molar-refractivity contribution < 1.29 is 23.6 Å². The van der Waals surface area contributed by atoms with E-state index in [4.69, 9.17) is 37.1 Å². The van der Waals surface area contributed by atoms with Crippen molar-refractivity contribution in [3.63, 3.8) is 0 Å². The monoisotopic (exact) mass is 689 g/mol. The van der Waals surface area contributed by atoms with Crippen LogP contribution in [0.25, 0.3) is 17.4 Å². The Balaban J connectivity index is 1.35. The molecular weight excluding hydrogens is 665 g/mol. The van der Waals surface area contributed by atoms with E-state index in [0.29, 0.717) is 42.1 Å². The summed E-state index contributed by atoms with van der Waals surface area (Å²) in [6, 6.07) is 20.7. The van der Waals surface area contributed by atoms with Crippen LogP contribution in [0.1, 0.15) is 36.8 Å². The van der Waals surface area contributed by atoms with Crippen molar-refractivity contribution in [1.29, 1.82) is 0 Å². The second-order valence-corrected chi connectivity index (χ2v) is 12.3. The first-order valence-corrected chi connectivity index (χ1v) is 15.9. The van der Waals surface area contributed by atoms with Crippen LogP contribution >= 0.6 is 34.5 Å². The summed E-state index contributed by atoms with van der Waals surface area (Å²) in [4.78, 5) is 43.0. The van der Waals surface area contributed by atoms with E-state index in [-0.39, 0.29) is 35.8 Å². The summed E-state index contributed by atoms with van der Waals surface area (Å²) >= 11 is 13.4. The molecule has 6 rings (SSSR count). The summed E-state index contributed by atoms with van der Waals surface area (Å²) in [5.74, 6) is 0.599. The molecule has 238 valence electrons. The summed E-state index contributed by atoms with van der Waals surface area (Å²) < 4.78 is 19.2. The van der Waals surface area contributed by atoms with Crippen molar-refractivity contribution in [3.05, 3.63) is 147 Å². The zero-order valence-electron chi connectivity index (χ0n) is 24.9. The molecule has 13 heteroatoms. The number of allylic oxidation sites excluding steroid dienone is 1. The predicted octanol–water partition coefficient (Wildman–Crippen LogP) is 6.85. The Hall–Kier alpha value is -4.97. The maximum atomic E-state index is 14.0. The van der Waals surface area contributed by atoms with Gasteiger partial charge in [0.1, 0.15) is 29.9 Å². The van der Waals surface area contributed by atoms with Crippen LogP contribution in [0.3, 0.4) is 0 Å². The largest absolute Gasteiger partial charge is 0.489 e. The number of hydrogen-bond acceptors (Lipinski definition) is 9. The maximum Gasteiger partial charge on any atom is 0.338 e. The number of hydrogen-bond donors (Lipinski definition) is 0. The van der Waals surface area contributed by atoms with E-state index in [9.17, 15) is 19.7 Å². The smallest absolute Gasteiger partial charge is 0.338 e. The number of carbonyl (C=O) groups excluding carboxylic acids is 1. The van der Waals surface area contributed by atoms with Gasteiger partial charge in [-0.1, -0.05) is 64.9 Å². The lowest BCUT2D eigenvalue weighted by Crippen LogP contribution is -2.39. The van der Waals surface area contributed by atoms with E-state index < -0.39 is 16.9 Å². The fourth-order valence-corrected chi connectivity index (χ4v) is 6.61. The average Bonchev–Trinajstić information content (AvgIpc) is 3.65. The third-order valence-corrected chi connectivity index (χ3v) is 8.91. The van der Waals surface area contributed by atoms with E-state index in [1.165, 1.54) is 28.0 Å². The molecule has 3 aromatic carbocycles. The number of halogens is 2. The summed E-state index contributed by atoms with van der Waals surface area (Å²) in [6.45, 7) is 3.74. The van der Waals surface area contributed by atoms with Gasteiger partial charge in [-0.3, -0.25) is 19.5 Å². The summed E-state index contributed by atoms with van der Waals surface area (Å²) in [6.07, 6.45) is 1.74. The highest BCUT2D eigenvalue weighted by molar-refractivity contribution is 7.07. The van der Waals surface area contributed by atoms with Gasteiger partial charge in [-0.05, 0) is 61.9 Å². The Kier molecular flexibility index (Phi) is 9.12. The van der Waals surface area contributed by atoms with E-state index in [0.717, 1.165) is 11.1 Å². The van der Waals surface area contributed by atoms with E-state index >= 15 is 0 Å². The van der Waals surface area contributed by atoms with Crippen LogP contribution < -0.4 is 19.6 Å². The van der Waals surface area contributed by atoms with E-state index in [1.54, 1.807) is 74.5 Å². The molecule has 3 heterocycles. The molecule has 0 saturated carbocycles. The minimum atomic E-state index is -0.977. The molecule has 0 saturated heterocycles. The highest BCUT2D eigenvalue weighted by Gasteiger charge is 2.35. The molecule has 0 aliphatic carbocycles. The zero-order valence-corrected chi connectivity index (χ0v) is 27.3. The first-order chi connectivity index (χ1) is 22.6. The van der Waals surface area contributed by atoms with Gasteiger partial charge in [-0.15, -0.1) is 0 Å². The van der Waals surface area contributed by atoms with Crippen LogP contribution in [0.2, 0.25) is 10.0 Å². The van der Waals surface area contributed by atoms with E-state index in [2.05, 4.69) is 4.99 Å². The molecule has 0 radical (unpaired) electrons. The molecule has 0 unspecified atom stereocenters. The lowest BCUT2D eigenvalue weighted by Gasteiger charge is -2.22. The molecule has 1 aliphatic rings. The van der Waals surface area contributed by atoms with Gasteiger partial charge in [-0.2, -0.15) is 0 Å². The Morgan fingerprint density at radius 3 is 2.62 bits per heavy atom. The highest BCUT2D eigenvalue weighted by Crippen LogP contribution is 2.35. The van der Waals surface area contributed by atoms with Crippen molar-refractivity contribution in [2.45, 2.75) is 26.5 Å². The number of ether oxygens (including phenoxy) is 2. The number of thiazole rings is 1. The Bertz CT molecular complexity index is 2240. The predicted molar refractivity (Wildman–Crippen MR) is 178 cm³/mol. The normalized spacial score (nSPS) is 14.5. The van der Waals surface area contributed by atoms with Crippen molar-refractivity contribution in [1.82, 2.24) is 4.57 Å². The second-order valence-electron chi connectivity index (χ2n) is 10.4. The molecule has 2 aromatic heterocycles. The topological polar surface area (TPSA) is 126 Å². The minimum absolute atomic E-state index is 0.0954. The molecular formula is C34H25Cl2N3O7S. The Morgan fingerprint density at radius 2 is 1.89 bits per heavy atom. The number of esters is 1. The fourth-order valence-electron chi connectivity index (χ4n) is 5.10. The number of nitro benzene ring substituents is 1. The number of aromatic nitrogens is 1. The number of nitro groups is 1. The van der Waals surface area contributed by atoms with Crippen molar-refractivity contribution in [3.8, 4) is 17.1 Å². The van der Waals surface area contributed by atoms with Crippen molar-refractivity contribution >= 4 is 52.3 Å². The zero-order chi connectivity index (χ0) is 33.2. The van der Waals surface area contributed by atoms with Crippen LogP contribution in [-0.4, -0.2) is 22.1 Å². The summed E-state index contributed by atoms with van der Waals surface area (Å²) in [5, 5.41) is 12.4. The van der Waals surface area contributed by atoms with Crippen LogP contribution in [0.4, 0.5) is 5.69 Å². The molecule has 47 heavy (non-hydrogen) atoms. The number of carbonyl (C=O) groups is 1. The number of benzene rings is 3. The Morgan fingerprint density at radius 1 is 1.11 bits per heavy atom. The van der Waals surface area contributed by atoms with Crippen molar-refractivity contribution in [2.24, 2.45) is 4.99 Å². The number of non-ortho nitro benzene ring substituents is 1. The quantitative estimate of drug-likeness (QED) is 0.0941. The number of fused-ring (bicyclic) bond motifs is 1. The average molecular weight is 691 g/mol. The Labute approximate surface area is 281 Å². The molecule has 10 nitrogen and oxygen atoms in total. The van der Waals surface area contributed by atoms with E-state index in [1.807, 2.05) is 12.1 Å². The van der Waals surface area contributed by atoms with Crippen LogP contribution in [-0.2, 0) is 16.1 Å². The standard InChI is InChI=1S/C34H25Cl2N3O7S/c1-3-44-33(41)30-19(2)37-34-38(31(30)28-14-13-27(46-28)21-5-4-6-24(16-21)39(42)43)32(40)29(47-34)15-20-7-11-25(12-8-20)45-18-22-9-10-23(35)17-26(22)36/h4-17,31H,3,18H2,1-2H3/b29-15-/t31-/m1/s1. The SMILES string of the molecule is CCOC(=O)C1=C(C)N=c2s/c(=C\c3ccc(OCc4ccc(Cl)cc4Cl)cc3)c(=O)n2[C@@H]1c1ccc(-c2cccc([N+](=O)[O-])c2)o1. The first kappa shape index (κ1) is 32.0. The van der Waals surface area contributed by atoms with Crippen LogP contribution in [0.15, 0.2) is 104 Å². The summed E-state index contributed by atoms with van der Waals surface area (Å²) in [7, 11) is 0. The number of nitrogens with zero attached hydrogens (tertiary/aromatic N) is 3. The van der Waals surface area contributed by atoms with Gasteiger partial charge in [0.15, 0.2) is 4.80 Å². The third kappa shape index (κ3) is 6.64. The molecule has 0 fully saturated rings.